The van der Waals surface area contributed by atoms with Crippen molar-refractivity contribution in [3.05, 3.63) is 0 Å². The minimum absolute atomic E-state index is 0.0793. The first-order valence-electron chi connectivity index (χ1n) is 13.4. The molecule has 0 amide bonds. The summed E-state index contributed by atoms with van der Waals surface area (Å²) in [6.07, 6.45) is -3.00. The average Bonchev–Trinajstić information content (AvgIpc) is 3.06. The minimum Gasteiger partial charge on any atom is -0.432 e. The number of carbonyl (C=O) groups excluding carboxylic acids is 1. The minimum atomic E-state index is -1.71. The van der Waals surface area contributed by atoms with Crippen LogP contribution >= 0.6 is 0 Å². The van der Waals surface area contributed by atoms with E-state index in [0.29, 0.717) is 19.3 Å². The first-order chi connectivity index (χ1) is 16.9. The van der Waals surface area contributed by atoms with Crippen molar-refractivity contribution < 1.29 is 50.0 Å². The number of esters is 1. The molecule has 5 rings (SSSR count). The van der Waals surface area contributed by atoms with E-state index in [2.05, 4.69) is 6.92 Å². The van der Waals surface area contributed by atoms with Crippen molar-refractivity contribution in [2.75, 3.05) is 13.2 Å². The Morgan fingerprint density at radius 1 is 0.944 bits per heavy atom. The Bertz CT molecular complexity index is 868. The Kier molecular flexibility index (Phi) is 6.57. The summed E-state index contributed by atoms with van der Waals surface area (Å²) in [6.45, 7) is 3.01. The van der Waals surface area contributed by atoms with Gasteiger partial charge in [0, 0.05) is 0 Å². The van der Waals surface area contributed by atoms with Crippen molar-refractivity contribution >= 4 is 5.97 Å². The van der Waals surface area contributed by atoms with Crippen LogP contribution in [0, 0.1) is 34.0 Å². The highest BCUT2D eigenvalue weighted by Crippen LogP contribution is 2.73. The summed E-state index contributed by atoms with van der Waals surface area (Å²) in [5.74, 6) is -0.651. The van der Waals surface area contributed by atoms with Crippen LogP contribution in [0.1, 0.15) is 65.2 Å². The lowest BCUT2D eigenvalue weighted by Gasteiger charge is -2.64. The fourth-order valence-corrected chi connectivity index (χ4v) is 9.39. The topological polar surface area (TPSA) is 177 Å². The molecule has 1 aliphatic heterocycles. The van der Waals surface area contributed by atoms with Gasteiger partial charge in [-0.1, -0.05) is 6.92 Å². The smallest absolute Gasteiger partial charge is 0.317 e. The molecule has 1 saturated heterocycles. The lowest BCUT2D eigenvalue weighted by molar-refractivity contribution is -0.300. The number of rotatable bonds is 4. The molecule has 4 saturated carbocycles. The summed E-state index contributed by atoms with van der Waals surface area (Å²) in [5.41, 5.74) is -2.75. The molecule has 206 valence electrons. The molecule has 5 aliphatic rings. The van der Waals surface area contributed by atoms with Gasteiger partial charge in [-0.15, -0.1) is 0 Å². The number of carbonyl (C=O) groups is 1. The maximum absolute atomic E-state index is 13.7. The van der Waals surface area contributed by atoms with Crippen LogP contribution in [0.5, 0.6) is 0 Å². The number of hydrogen-bond acceptors (Lipinski definition) is 10. The zero-order valence-corrected chi connectivity index (χ0v) is 21.1. The Labute approximate surface area is 211 Å². The van der Waals surface area contributed by atoms with Gasteiger partial charge in [-0.2, -0.15) is 0 Å². The Morgan fingerprint density at radius 2 is 1.67 bits per heavy atom. The van der Waals surface area contributed by atoms with Crippen LogP contribution in [-0.2, 0) is 14.3 Å². The van der Waals surface area contributed by atoms with Gasteiger partial charge in [0.2, 0.25) is 6.29 Å². The standard InChI is InChI=1S/C26H42O10/c1-23-7-6-17(29)24(2,22(33)36-21-20(32)19(31)18(30)14(10-27)35-21)15(23)5-8-25-9-13(3-4-16(23)25)26(34,11-25)12-28/h13-21,27-32,34H,3-12H2,1-2H3/t13-,14-,15+,16+,17-,18-,19+,20-,21+,23-,24+,25+,26-/m1/s1. The molecule has 0 aromatic rings. The van der Waals surface area contributed by atoms with Crippen LogP contribution in [-0.4, -0.2) is 97.3 Å². The van der Waals surface area contributed by atoms with Gasteiger partial charge in [0.15, 0.2) is 0 Å². The molecule has 10 heteroatoms. The Morgan fingerprint density at radius 3 is 2.33 bits per heavy atom. The van der Waals surface area contributed by atoms with Gasteiger partial charge >= 0.3 is 5.97 Å². The average molecular weight is 515 g/mol. The van der Waals surface area contributed by atoms with Gasteiger partial charge in [0.1, 0.15) is 24.4 Å². The molecule has 0 aromatic heterocycles. The summed E-state index contributed by atoms with van der Waals surface area (Å²) >= 11 is 0. The maximum atomic E-state index is 13.7. The van der Waals surface area contributed by atoms with E-state index in [9.17, 15) is 40.5 Å². The van der Waals surface area contributed by atoms with E-state index in [4.69, 9.17) is 9.47 Å². The zero-order chi connectivity index (χ0) is 26.3. The number of hydrogen-bond donors (Lipinski definition) is 7. The molecule has 1 heterocycles. The fraction of sp³-hybridized carbons (Fsp3) is 0.962. The van der Waals surface area contributed by atoms with Gasteiger partial charge in [-0.05, 0) is 86.9 Å². The lowest BCUT2D eigenvalue weighted by atomic mass is 9.40. The third-order valence-electron chi connectivity index (χ3n) is 11.3. The molecule has 7 N–H and O–H groups in total. The lowest BCUT2D eigenvalue weighted by Crippen LogP contribution is -2.64. The van der Waals surface area contributed by atoms with Crippen LogP contribution in [0.2, 0.25) is 0 Å². The first-order valence-corrected chi connectivity index (χ1v) is 13.4. The van der Waals surface area contributed by atoms with Gasteiger partial charge in [-0.3, -0.25) is 4.79 Å². The fourth-order valence-electron chi connectivity index (χ4n) is 9.39. The monoisotopic (exact) mass is 514 g/mol. The van der Waals surface area contributed by atoms with Gasteiger partial charge < -0.3 is 45.2 Å². The van der Waals surface area contributed by atoms with E-state index in [1.165, 1.54) is 0 Å². The second-order valence-corrected chi connectivity index (χ2v) is 12.9. The highest BCUT2D eigenvalue weighted by molar-refractivity contribution is 5.78. The molecule has 2 bridgehead atoms. The highest BCUT2D eigenvalue weighted by Gasteiger charge is 2.70. The molecule has 5 fully saturated rings. The Hall–Kier alpha value is -0.850. The van der Waals surface area contributed by atoms with Gasteiger partial charge in [0.25, 0.3) is 0 Å². The summed E-state index contributed by atoms with van der Waals surface area (Å²) < 4.78 is 11.0. The number of aliphatic hydroxyl groups excluding tert-OH is 6. The van der Waals surface area contributed by atoms with Crippen molar-refractivity contribution in [3.63, 3.8) is 0 Å². The number of fused-ring (bicyclic) bond motifs is 3. The van der Waals surface area contributed by atoms with E-state index < -0.39 is 60.4 Å². The SMILES string of the molecule is C[C@@]12CC[C@@H](O)[C@@](C)(C(=O)O[C@@H]3O[C@H](CO)[C@@H](O)[C@H](O)[C@H]3O)[C@H]1CC[C@@]13C[C@@H](CC[C@H]12)[C@](O)(CO)C3. The van der Waals surface area contributed by atoms with E-state index in [1.54, 1.807) is 6.92 Å². The van der Waals surface area contributed by atoms with Gasteiger partial charge in [-0.25, -0.2) is 0 Å². The zero-order valence-electron chi connectivity index (χ0n) is 21.1. The van der Waals surface area contributed by atoms with Crippen LogP contribution in [0.4, 0.5) is 0 Å². The van der Waals surface area contributed by atoms with Crippen molar-refractivity contribution in [1.82, 2.24) is 0 Å². The molecular weight excluding hydrogens is 472 g/mol. The molecular formula is C26H42O10. The largest absolute Gasteiger partial charge is 0.432 e. The second kappa shape index (κ2) is 8.84. The third-order valence-corrected chi connectivity index (χ3v) is 11.3. The quantitative estimate of drug-likeness (QED) is 0.241. The predicted molar refractivity (Wildman–Crippen MR) is 124 cm³/mol. The van der Waals surface area contributed by atoms with Gasteiger partial charge in [0.05, 0.1) is 30.3 Å². The molecule has 0 unspecified atom stereocenters. The highest BCUT2D eigenvalue weighted by atomic mass is 16.7. The van der Waals surface area contributed by atoms with Crippen LogP contribution in [0.25, 0.3) is 0 Å². The van der Waals surface area contributed by atoms with Crippen LogP contribution < -0.4 is 0 Å². The van der Waals surface area contributed by atoms with Crippen molar-refractivity contribution in [2.24, 2.45) is 34.0 Å². The maximum Gasteiger partial charge on any atom is 0.317 e. The summed E-state index contributed by atoms with van der Waals surface area (Å²) in [7, 11) is 0. The number of ether oxygens (including phenoxy) is 2. The van der Waals surface area contributed by atoms with Crippen molar-refractivity contribution in [1.29, 1.82) is 0 Å². The van der Waals surface area contributed by atoms with Crippen LogP contribution in [0.15, 0.2) is 0 Å². The molecule has 0 radical (unpaired) electrons. The van der Waals surface area contributed by atoms with E-state index >= 15 is 0 Å². The normalized spacial score (nSPS) is 56.5. The molecule has 0 aromatic carbocycles. The summed E-state index contributed by atoms with van der Waals surface area (Å²) in [6, 6.07) is 0. The van der Waals surface area contributed by atoms with E-state index in [1.807, 2.05) is 0 Å². The van der Waals surface area contributed by atoms with E-state index in [0.717, 1.165) is 32.1 Å². The van der Waals surface area contributed by atoms with E-state index in [-0.39, 0.29) is 35.2 Å². The molecule has 13 atom stereocenters. The Balaban J connectivity index is 1.41. The molecule has 36 heavy (non-hydrogen) atoms. The molecule has 1 spiro atoms. The van der Waals surface area contributed by atoms with Crippen LogP contribution in [0.3, 0.4) is 0 Å². The second-order valence-electron chi connectivity index (χ2n) is 12.9. The predicted octanol–water partition coefficient (Wildman–Crippen LogP) is -0.563. The van der Waals surface area contributed by atoms with Crippen molar-refractivity contribution in [3.8, 4) is 0 Å². The molecule has 4 aliphatic carbocycles. The first kappa shape index (κ1) is 26.7. The third kappa shape index (κ3) is 3.56. The molecule has 10 nitrogen and oxygen atoms in total. The number of aliphatic hydroxyl groups is 7. The van der Waals surface area contributed by atoms with Crippen molar-refractivity contribution in [2.45, 2.75) is 108 Å². The summed E-state index contributed by atoms with van der Waals surface area (Å²) in [4.78, 5) is 13.7. The summed E-state index contributed by atoms with van der Waals surface area (Å²) in [5, 5.41) is 72.3.